The van der Waals surface area contributed by atoms with Crippen LogP contribution < -0.4 is 10.0 Å². The lowest BCUT2D eigenvalue weighted by atomic mass is 10.1. The van der Waals surface area contributed by atoms with E-state index in [1.165, 1.54) is 36.4 Å². The predicted octanol–water partition coefficient (Wildman–Crippen LogP) is 3.48. The van der Waals surface area contributed by atoms with Gasteiger partial charge < -0.3 is 10.1 Å². The summed E-state index contributed by atoms with van der Waals surface area (Å²) >= 11 is 0. The molecular weight excluding hydrogens is 442 g/mol. The SMILES string of the molecule is COC(=O)c1cc(CNC(=O)c2ccccc2F)cc(NS(=O)(=O)c2ccc(F)cc2)c1. The van der Waals surface area contributed by atoms with Gasteiger partial charge in [-0.15, -0.1) is 0 Å². The molecule has 0 fully saturated rings. The van der Waals surface area contributed by atoms with Crippen molar-refractivity contribution in [2.24, 2.45) is 0 Å². The summed E-state index contributed by atoms with van der Waals surface area (Å²) in [4.78, 5) is 24.1. The van der Waals surface area contributed by atoms with Gasteiger partial charge >= 0.3 is 5.97 Å². The fourth-order valence-corrected chi connectivity index (χ4v) is 3.88. The van der Waals surface area contributed by atoms with Gasteiger partial charge in [0.05, 0.1) is 28.8 Å². The monoisotopic (exact) mass is 460 g/mol. The van der Waals surface area contributed by atoms with Crippen LogP contribution in [0.2, 0.25) is 0 Å². The highest BCUT2D eigenvalue weighted by molar-refractivity contribution is 7.92. The number of sulfonamides is 1. The molecular formula is C22H18F2N2O5S. The van der Waals surface area contributed by atoms with Crippen molar-refractivity contribution in [1.82, 2.24) is 5.32 Å². The molecule has 0 unspecified atom stereocenters. The van der Waals surface area contributed by atoms with E-state index in [1.807, 2.05) is 0 Å². The summed E-state index contributed by atoms with van der Waals surface area (Å²) in [6.45, 7) is -0.122. The summed E-state index contributed by atoms with van der Waals surface area (Å²) in [6.07, 6.45) is 0. The van der Waals surface area contributed by atoms with E-state index in [4.69, 9.17) is 4.74 Å². The molecule has 3 rings (SSSR count). The number of amides is 1. The number of anilines is 1. The van der Waals surface area contributed by atoms with Crippen molar-refractivity contribution in [3.8, 4) is 0 Å². The van der Waals surface area contributed by atoms with Gasteiger partial charge in [-0.3, -0.25) is 9.52 Å². The summed E-state index contributed by atoms with van der Waals surface area (Å²) in [5.74, 6) is -2.69. The third-order valence-electron chi connectivity index (χ3n) is 4.36. The van der Waals surface area contributed by atoms with Crippen LogP contribution in [-0.2, 0) is 21.3 Å². The second kappa shape index (κ2) is 9.56. The lowest BCUT2D eigenvalue weighted by Crippen LogP contribution is -2.24. The minimum Gasteiger partial charge on any atom is -0.465 e. The summed E-state index contributed by atoms with van der Waals surface area (Å²) in [6, 6.07) is 13.7. The van der Waals surface area contributed by atoms with Crippen molar-refractivity contribution < 1.29 is 31.5 Å². The van der Waals surface area contributed by atoms with Gasteiger partial charge in [0.25, 0.3) is 15.9 Å². The smallest absolute Gasteiger partial charge is 0.337 e. The first-order chi connectivity index (χ1) is 15.2. The van der Waals surface area contributed by atoms with Crippen molar-refractivity contribution in [2.45, 2.75) is 11.4 Å². The first kappa shape index (κ1) is 22.9. The highest BCUT2D eigenvalue weighted by atomic mass is 32.2. The molecule has 2 N–H and O–H groups in total. The first-order valence-corrected chi connectivity index (χ1v) is 10.7. The highest BCUT2D eigenvalue weighted by Gasteiger charge is 2.17. The molecule has 0 spiro atoms. The molecule has 0 atom stereocenters. The van der Waals surface area contributed by atoms with Gasteiger partial charge in [-0.2, -0.15) is 0 Å². The molecule has 0 heterocycles. The molecule has 0 radical (unpaired) electrons. The Morgan fingerprint density at radius 3 is 2.31 bits per heavy atom. The van der Waals surface area contributed by atoms with Crippen LogP contribution in [0.1, 0.15) is 26.3 Å². The zero-order valence-corrected chi connectivity index (χ0v) is 17.6. The maximum atomic E-state index is 13.8. The van der Waals surface area contributed by atoms with Crippen LogP contribution >= 0.6 is 0 Å². The number of nitrogens with one attached hydrogen (secondary N) is 2. The number of rotatable bonds is 7. The van der Waals surface area contributed by atoms with E-state index in [9.17, 15) is 26.8 Å². The van der Waals surface area contributed by atoms with Gasteiger partial charge in [0.15, 0.2) is 0 Å². The number of benzene rings is 3. The Hall–Kier alpha value is -3.79. The van der Waals surface area contributed by atoms with E-state index in [0.29, 0.717) is 5.56 Å². The van der Waals surface area contributed by atoms with Crippen molar-refractivity contribution in [3.63, 3.8) is 0 Å². The standard InChI is InChI=1S/C22H18F2N2O5S/c1-31-22(28)15-10-14(13-25-21(27)19-4-2-3-5-20(19)24)11-17(12-15)26-32(29,30)18-8-6-16(23)7-9-18/h2-12,26H,13H2,1H3,(H,25,27). The Bertz CT molecular complexity index is 1260. The lowest BCUT2D eigenvalue weighted by molar-refractivity contribution is 0.0600. The van der Waals surface area contributed by atoms with E-state index < -0.39 is 33.5 Å². The Morgan fingerprint density at radius 2 is 1.66 bits per heavy atom. The van der Waals surface area contributed by atoms with Crippen molar-refractivity contribution in [3.05, 3.63) is 95.1 Å². The third-order valence-corrected chi connectivity index (χ3v) is 5.76. The molecule has 0 saturated heterocycles. The third kappa shape index (κ3) is 5.46. The molecule has 0 bridgehead atoms. The zero-order chi connectivity index (χ0) is 23.3. The van der Waals surface area contributed by atoms with Crippen LogP contribution in [0.3, 0.4) is 0 Å². The number of carbonyl (C=O) groups is 2. The van der Waals surface area contributed by atoms with Gasteiger partial charge in [-0.05, 0) is 60.2 Å². The number of hydrogen-bond acceptors (Lipinski definition) is 5. The Morgan fingerprint density at radius 1 is 0.969 bits per heavy atom. The quantitative estimate of drug-likeness (QED) is 0.526. The molecule has 166 valence electrons. The molecule has 3 aromatic rings. The Balaban J connectivity index is 1.86. The van der Waals surface area contributed by atoms with Crippen LogP contribution in [0.4, 0.5) is 14.5 Å². The number of esters is 1. The number of halogens is 2. The average molecular weight is 460 g/mol. The van der Waals surface area contributed by atoms with E-state index in [-0.39, 0.29) is 28.3 Å². The lowest BCUT2D eigenvalue weighted by Gasteiger charge is -2.13. The van der Waals surface area contributed by atoms with Crippen molar-refractivity contribution in [2.75, 3.05) is 11.8 Å². The topological polar surface area (TPSA) is 102 Å². The van der Waals surface area contributed by atoms with E-state index >= 15 is 0 Å². The zero-order valence-electron chi connectivity index (χ0n) is 16.8. The summed E-state index contributed by atoms with van der Waals surface area (Å²) in [5, 5.41) is 2.52. The van der Waals surface area contributed by atoms with E-state index in [0.717, 1.165) is 37.4 Å². The first-order valence-electron chi connectivity index (χ1n) is 9.23. The molecule has 0 aliphatic rings. The Labute approximate surface area is 183 Å². The second-order valence-electron chi connectivity index (χ2n) is 6.63. The largest absolute Gasteiger partial charge is 0.465 e. The molecule has 0 aliphatic heterocycles. The van der Waals surface area contributed by atoms with Crippen LogP contribution in [0.25, 0.3) is 0 Å². The minimum absolute atomic E-state index is 0.0207. The normalized spacial score (nSPS) is 11.0. The molecule has 0 aliphatic carbocycles. The molecule has 32 heavy (non-hydrogen) atoms. The number of hydrogen-bond donors (Lipinski definition) is 2. The van der Waals surface area contributed by atoms with Crippen LogP contribution in [0.5, 0.6) is 0 Å². The van der Waals surface area contributed by atoms with E-state index in [1.54, 1.807) is 0 Å². The van der Waals surface area contributed by atoms with Crippen LogP contribution in [-0.4, -0.2) is 27.4 Å². The fourth-order valence-electron chi connectivity index (χ4n) is 2.84. The molecule has 1 amide bonds. The maximum absolute atomic E-state index is 13.8. The molecule has 0 saturated carbocycles. The molecule has 0 aromatic heterocycles. The van der Waals surface area contributed by atoms with Crippen molar-refractivity contribution in [1.29, 1.82) is 0 Å². The molecule has 10 heteroatoms. The number of ether oxygens (including phenoxy) is 1. The van der Waals surface area contributed by atoms with E-state index in [2.05, 4.69) is 10.0 Å². The Kier molecular flexibility index (Phi) is 6.84. The summed E-state index contributed by atoms with van der Waals surface area (Å²) in [7, 11) is -2.92. The van der Waals surface area contributed by atoms with Gasteiger partial charge in [-0.25, -0.2) is 22.0 Å². The molecule has 7 nitrogen and oxygen atoms in total. The van der Waals surface area contributed by atoms with Gasteiger partial charge in [0.2, 0.25) is 0 Å². The van der Waals surface area contributed by atoms with Crippen molar-refractivity contribution >= 4 is 27.6 Å². The fraction of sp³-hybridized carbons (Fsp3) is 0.0909. The highest BCUT2D eigenvalue weighted by Crippen LogP contribution is 2.21. The summed E-state index contributed by atoms with van der Waals surface area (Å²) in [5.41, 5.74) is 0.248. The van der Waals surface area contributed by atoms with Gasteiger partial charge in [0, 0.05) is 6.54 Å². The molecule has 3 aromatic carbocycles. The van der Waals surface area contributed by atoms with Gasteiger partial charge in [-0.1, -0.05) is 12.1 Å². The summed E-state index contributed by atoms with van der Waals surface area (Å²) < 4.78 is 59.1. The minimum atomic E-state index is -4.08. The van der Waals surface area contributed by atoms with Crippen LogP contribution in [0.15, 0.2) is 71.6 Å². The second-order valence-corrected chi connectivity index (χ2v) is 8.31. The maximum Gasteiger partial charge on any atom is 0.337 e. The van der Waals surface area contributed by atoms with Gasteiger partial charge in [0.1, 0.15) is 11.6 Å². The number of carbonyl (C=O) groups excluding carboxylic acids is 2. The van der Waals surface area contributed by atoms with Crippen LogP contribution in [0, 0.1) is 11.6 Å². The number of methoxy groups -OCH3 is 1. The average Bonchev–Trinajstić information content (AvgIpc) is 2.77. The predicted molar refractivity (Wildman–Crippen MR) is 113 cm³/mol.